The fraction of sp³-hybridized carbons (Fsp3) is 0.625. The van der Waals surface area contributed by atoms with Crippen molar-refractivity contribution in [3.05, 3.63) is 34.9 Å². The molecule has 1 unspecified atom stereocenters. The SMILES string of the molecule is COC1(C(N)Cc2ccc(C)c(C)c2)CCOCC1. The molecule has 106 valence electrons. The Balaban J connectivity index is 2.10. The van der Waals surface area contributed by atoms with Crippen molar-refractivity contribution < 1.29 is 9.47 Å². The number of rotatable bonds is 4. The third-order valence-corrected chi connectivity index (χ3v) is 4.45. The lowest BCUT2D eigenvalue weighted by Crippen LogP contribution is -2.53. The van der Waals surface area contributed by atoms with E-state index in [4.69, 9.17) is 15.2 Å². The Hall–Kier alpha value is -0.900. The maximum Gasteiger partial charge on any atom is 0.0875 e. The summed E-state index contributed by atoms with van der Waals surface area (Å²) < 4.78 is 11.2. The van der Waals surface area contributed by atoms with Crippen molar-refractivity contribution in [2.75, 3.05) is 20.3 Å². The summed E-state index contributed by atoms with van der Waals surface area (Å²) in [6.45, 7) is 5.77. The van der Waals surface area contributed by atoms with Crippen LogP contribution in [-0.2, 0) is 15.9 Å². The highest BCUT2D eigenvalue weighted by molar-refractivity contribution is 5.30. The first-order valence-corrected chi connectivity index (χ1v) is 7.02. The number of nitrogens with two attached hydrogens (primary N) is 1. The average molecular weight is 263 g/mol. The fourth-order valence-electron chi connectivity index (χ4n) is 2.81. The Morgan fingerprint density at radius 3 is 2.53 bits per heavy atom. The molecule has 1 aliphatic rings. The molecular formula is C16H25NO2. The van der Waals surface area contributed by atoms with Gasteiger partial charge in [0.2, 0.25) is 0 Å². The molecule has 19 heavy (non-hydrogen) atoms. The van der Waals surface area contributed by atoms with Crippen molar-refractivity contribution >= 4 is 0 Å². The molecule has 0 saturated carbocycles. The Kier molecular flexibility index (Phi) is 4.61. The molecule has 0 radical (unpaired) electrons. The quantitative estimate of drug-likeness (QED) is 0.907. The van der Waals surface area contributed by atoms with Gasteiger partial charge in [-0.1, -0.05) is 18.2 Å². The Labute approximate surface area is 116 Å². The van der Waals surface area contributed by atoms with E-state index in [1.54, 1.807) is 7.11 Å². The van der Waals surface area contributed by atoms with Crippen LogP contribution >= 0.6 is 0 Å². The summed E-state index contributed by atoms with van der Waals surface area (Å²) in [5.74, 6) is 0. The molecule has 3 nitrogen and oxygen atoms in total. The third-order valence-electron chi connectivity index (χ3n) is 4.45. The Bertz CT molecular complexity index is 425. The van der Waals surface area contributed by atoms with Crippen LogP contribution in [0, 0.1) is 13.8 Å². The molecule has 3 heteroatoms. The molecule has 1 saturated heterocycles. The van der Waals surface area contributed by atoms with E-state index in [-0.39, 0.29) is 11.6 Å². The van der Waals surface area contributed by atoms with E-state index in [0.29, 0.717) is 0 Å². The summed E-state index contributed by atoms with van der Waals surface area (Å²) in [6, 6.07) is 6.59. The first kappa shape index (κ1) is 14.5. The van der Waals surface area contributed by atoms with Gasteiger partial charge in [-0.25, -0.2) is 0 Å². The molecule has 0 aromatic heterocycles. The number of hydrogen-bond donors (Lipinski definition) is 1. The molecular weight excluding hydrogens is 238 g/mol. The predicted octanol–water partition coefficient (Wildman–Crippen LogP) is 2.37. The van der Waals surface area contributed by atoms with Crippen molar-refractivity contribution in [3.8, 4) is 0 Å². The zero-order chi connectivity index (χ0) is 13.9. The molecule has 1 aromatic rings. The van der Waals surface area contributed by atoms with Crippen molar-refractivity contribution in [2.24, 2.45) is 5.73 Å². The van der Waals surface area contributed by atoms with Crippen LogP contribution in [-0.4, -0.2) is 32.0 Å². The lowest BCUT2D eigenvalue weighted by molar-refractivity contribution is -0.103. The van der Waals surface area contributed by atoms with Gasteiger partial charge in [-0.05, 0) is 37.0 Å². The highest BCUT2D eigenvalue weighted by atomic mass is 16.5. The standard InChI is InChI=1S/C16H25NO2/c1-12-4-5-14(10-13(12)2)11-15(17)16(18-3)6-8-19-9-7-16/h4-5,10,15H,6-9,11,17H2,1-3H3. The average Bonchev–Trinajstić information content (AvgIpc) is 2.43. The van der Waals surface area contributed by atoms with Gasteiger partial charge in [-0.2, -0.15) is 0 Å². The molecule has 1 heterocycles. The summed E-state index contributed by atoms with van der Waals surface area (Å²) in [4.78, 5) is 0. The monoisotopic (exact) mass is 263 g/mol. The van der Waals surface area contributed by atoms with E-state index in [1.165, 1.54) is 16.7 Å². The maximum atomic E-state index is 6.43. The summed E-state index contributed by atoms with van der Waals surface area (Å²) in [7, 11) is 1.77. The lowest BCUT2D eigenvalue weighted by atomic mass is 9.83. The normalized spacial score (nSPS) is 20.2. The second-order valence-electron chi connectivity index (χ2n) is 5.61. The van der Waals surface area contributed by atoms with E-state index < -0.39 is 0 Å². The summed E-state index contributed by atoms with van der Waals surface area (Å²) in [5.41, 5.74) is 10.1. The molecule has 1 fully saturated rings. The van der Waals surface area contributed by atoms with Gasteiger partial charge in [0, 0.05) is 39.2 Å². The topological polar surface area (TPSA) is 44.5 Å². The molecule has 1 aliphatic heterocycles. The highest BCUT2D eigenvalue weighted by Gasteiger charge is 2.38. The molecule has 1 atom stereocenters. The molecule has 0 bridgehead atoms. The van der Waals surface area contributed by atoms with Crippen LogP contribution in [0.25, 0.3) is 0 Å². The zero-order valence-corrected chi connectivity index (χ0v) is 12.2. The Morgan fingerprint density at radius 2 is 1.95 bits per heavy atom. The van der Waals surface area contributed by atoms with Gasteiger partial charge in [0.25, 0.3) is 0 Å². The number of methoxy groups -OCH3 is 1. The van der Waals surface area contributed by atoms with E-state index >= 15 is 0 Å². The van der Waals surface area contributed by atoms with Crippen LogP contribution in [0.4, 0.5) is 0 Å². The summed E-state index contributed by atoms with van der Waals surface area (Å²) in [5, 5.41) is 0. The smallest absolute Gasteiger partial charge is 0.0875 e. The summed E-state index contributed by atoms with van der Waals surface area (Å²) >= 11 is 0. The number of hydrogen-bond acceptors (Lipinski definition) is 3. The molecule has 0 spiro atoms. The minimum atomic E-state index is -0.225. The third kappa shape index (κ3) is 3.16. The molecule has 2 rings (SSSR count). The van der Waals surface area contributed by atoms with Crippen LogP contribution in [0.5, 0.6) is 0 Å². The first-order valence-electron chi connectivity index (χ1n) is 7.02. The number of ether oxygens (including phenoxy) is 2. The molecule has 1 aromatic carbocycles. The molecule has 0 amide bonds. The number of aryl methyl sites for hydroxylation is 2. The van der Waals surface area contributed by atoms with Crippen LogP contribution in [0.3, 0.4) is 0 Å². The second-order valence-corrected chi connectivity index (χ2v) is 5.61. The van der Waals surface area contributed by atoms with Crippen molar-refractivity contribution in [2.45, 2.75) is 44.8 Å². The highest BCUT2D eigenvalue weighted by Crippen LogP contribution is 2.29. The van der Waals surface area contributed by atoms with Crippen LogP contribution < -0.4 is 5.73 Å². The van der Waals surface area contributed by atoms with Crippen LogP contribution in [0.2, 0.25) is 0 Å². The van der Waals surface area contributed by atoms with Gasteiger partial charge in [0.1, 0.15) is 0 Å². The van der Waals surface area contributed by atoms with E-state index in [9.17, 15) is 0 Å². The number of benzene rings is 1. The van der Waals surface area contributed by atoms with Crippen LogP contribution in [0.15, 0.2) is 18.2 Å². The largest absolute Gasteiger partial charge is 0.381 e. The fourth-order valence-corrected chi connectivity index (χ4v) is 2.81. The van der Waals surface area contributed by atoms with Gasteiger partial charge >= 0.3 is 0 Å². The second kappa shape index (κ2) is 6.04. The maximum absolute atomic E-state index is 6.43. The van der Waals surface area contributed by atoms with Gasteiger partial charge in [0.15, 0.2) is 0 Å². The van der Waals surface area contributed by atoms with Gasteiger partial charge in [0.05, 0.1) is 5.60 Å². The zero-order valence-electron chi connectivity index (χ0n) is 12.2. The van der Waals surface area contributed by atoms with Gasteiger partial charge < -0.3 is 15.2 Å². The molecule has 0 aliphatic carbocycles. The van der Waals surface area contributed by atoms with Crippen LogP contribution in [0.1, 0.15) is 29.5 Å². The first-order chi connectivity index (χ1) is 9.07. The Morgan fingerprint density at radius 1 is 1.26 bits per heavy atom. The molecule has 2 N–H and O–H groups in total. The van der Waals surface area contributed by atoms with Crippen molar-refractivity contribution in [3.63, 3.8) is 0 Å². The lowest BCUT2D eigenvalue weighted by Gasteiger charge is -2.40. The van der Waals surface area contributed by atoms with E-state index in [2.05, 4.69) is 32.0 Å². The van der Waals surface area contributed by atoms with Gasteiger partial charge in [-0.15, -0.1) is 0 Å². The van der Waals surface area contributed by atoms with Gasteiger partial charge in [-0.3, -0.25) is 0 Å². The van der Waals surface area contributed by atoms with Crippen molar-refractivity contribution in [1.82, 2.24) is 0 Å². The minimum absolute atomic E-state index is 0.0171. The van der Waals surface area contributed by atoms with E-state index in [0.717, 1.165) is 32.5 Å². The van der Waals surface area contributed by atoms with Crippen molar-refractivity contribution in [1.29, 1.82) is 0 Å². The summed E-state index contributed by atoms with van der Waals surface area (Å²) in [6.07, 6.45) is 2.62. The minimum Gasteiger partial charge on any atom is -0.381 e. The van der Waals surface area contributed by atoms with E-state index in [1.807, 2.05) is 0 Å². The predicted molar refractivity (Wildman–Crippen MR) is 77.4 cm³/mol.